The summed E-state index contributed by atoms with van der Waals surface area (Å²) in [5.41, 5.74) is 6.05. The first-order chi connectivity index (χ1) is 11.5. The Morgan fingerprint density at radius 3 is 2.75 bits per heavy atom. The number of thiazole rings is 1. The molecule has 0 saturated heterocycles. The van der Waals surface area contributed by atoms with Crippen molar-refractivity contribution in [1.29, 1.82) is 0 Å². The van der Waals surface area contributed by atoms with Crippen molar-refractivity contribution in [3.63, 3.8) is 0 Å². The van der Waals surface area contributed by atoms with Gasteiger partial charge in [-0.3, -0.25) is 15.5 Å². The Bertz CT molecular complexity index is 897. The molecule has 0 fully saturated rings. The van der Waals surface area contributed by atoms with Crippen LogP contribution in [0.5, 0.6) is 0 Å². The zero-order valence-electron chi connectivity index (χ0n) is 11.9. The summed E-state index contributed by atoms with van der Waals surface area (Å²) in [6, 6.07) is 10.8. The number of para-hydroxylation sites is 1. The monoisotopic (exact) mass is 363 g/mol. The first kappa shape index (κ1) is 16.0. The third-order valence-electron chi connectivity index (χ3n) is 2.99. The minimum Gasteiger partial charge on any atom is -0.305 e. The lowest BCUT2D eigenvalue weighted by atomic mass is 10.3. The summed E-state index contributed by atoms with van der Waals surface area (Å²) in [5, 5.41) is 13.7. The van der Waals surface area contributed by atoms with Crippen molar-refractivity contribution in [2.45, 2.75) is 0 Å². The molecule has 10 heteroatoms. The van der Waals surface area contributed by atoms with E-state index in [1.165, 1.54) is 23.5 Å². The Balaban J connectivity index is 1.62. The van der Waals surface area contributed by atoms with Crippen molar-refractivity contribution in [2.75, 3.05) is 10.7 Å². The van der Waals surface area contributed by atoms with E-state index in [-0.39, 0.29) is 16.4 Å². The van der Waals surface area contributed by atoms with E-state index in [1.807, 2.05) is 24.3 Å². The Morgan fingerprint density at radius 2 is 2.04 bits per heavy atom. The van der Waals surface area contributed by atoms with Crippen LogP contribution in [-0.4, -0.2) is 15.9 Å². The van der Waals surface area contributed by atoms with Crippen LogP contribution in [0.2, 0.25) is 5.02 Å². The van der Waals surface area contributed by atoms with Gasteiger partial charge in [-0.1, -0.05) is 35.1 Å². The molecule has 2 aromatic carbocycles. The molecule has 3 N–H and O–H groups in total. The average Bonchev–Trinajstić information content (AvgIpc) is 2.97. The molecule has 0 aliphatic carbocycles. The lowest BCUT2D eigenvalue weighted by molar-refractivity contribution is -0.384. The second kappa shape index (κ2) is 6.69. The van der Waals surface area contributed by atoms with E-state index in [9.17, 15) is 14.9 Å². The van der Waals surface area contributed by atoms with Crippen LogP contribution in [0.4, 0.5) is 21.3 Å². The number of nitro benzene ring substituents is 1. The first-order valence-corrected chi connectivity index (χ1v) is 7.85. The minimum atomic E-state index is -0.579. The molecule has 0 radical (unpaired) electrons. The molecular formula is C14H10ClN5O3S. The summed E-state index contributed by atoms with van der Waals surface area (Å²) in [7, 11) is 0. The summed E-state index contributed by atoms with van der Waals surface area (Å²) in [4.78, 5) is 26.3. The van der Waals surface area contributed by atoms with Gasteiger partial charge in [0.2, 0.25) is 5.13 Å². The van der Waals surface area contributed by atoms with Crippen LogP contribution in [0.15, 0.2) is 42.5 Å². The van der Waals surface area contributed by atoms with Crippen molar-refractivity contribution in [1.82, 2.24) is 10.4 Å². The van der Waals surface area contributed by atoms with Gasteiger partial charge in [0.05, 0.1) is 25.8 Å². The number of fused-ring (bicyclic) bond motifs is 1. The van der Waals surface area contributed by atoms with Gasteiger partial charge in [-0.15, -0.1) is 0 Å². The lowest BCUT2D eigenvalue weighted by Gasteiger charge is -2.09. The van der Waals surface area contributed by atoms with Crippen molar-refractivity contribution in [3.8, 4) is 0 Å². The maximum absolute atomic E-state index is 11.9. The van der Waals surface area contributed by atoms with Gasteiger partial charge in [0.15, 0.2) is 0 Å². The molecule has 122 valence electrons. The Morgan fingerprint density at radius 1 is 1.25 bits per heavy atom. The topological polar surface area (TPSA) is 109 Å². The Hall–Kier alpha value is -2.91. The Labute approximate surface area is 144 Å². The number of aromatic nitrogens is 1. The number of hydrazine groups is 1. The van der Waals surface area contributed by atoms with Crippen LogP contribution in [-0.2, 0) is 0 Å². The summed E-state index contributed by atoms with van der Waals surface area (Å²) in [6.07, 6.45) is 0. The normalized spacial score (nSPS) is 10.4. The number of carbonyl (C=O) groups excluding carboxylic acids is 1. The number of amides is 2. The van der Waals surface area contributed by atoms with E-state index < -0.39 is 11.0 Å². The molecule has 2 amide bonds. The molecule has 24 heavy (non-hydrogen) atoms. The molecule has 1 aromatic heterocycles. The molecule has 0 spiro atoms. The van der Waals surface area contributed by atoms with E-state index in [2.05, 4.69) is 21.2 Å². The fourth-order valence-corrected chi connectivity index (χ4v) is 2.95. The highest BCUT2D eigenvalue weighted by Crippen LogP contribution is 2.27. The SMILES string of the molecule is O=C(NNc1nc2ccccc2s1)Nc1ccc([N+](=O)[O-])cc1Cl. The average molecular weight is 364 g/mol. The van der Waals surface area contributed by atoms with Crippen molar-refractivity contribution in [3.05, 3.63) is 57.6 Å². The third kappa shape index (κ3) is 3.53. The van der Waals surface area contributed by atoms with Crippen LogP contribution in [0.1, 0.15) is 0 Å². The number of nitrogens with one attached hydrogen (secondary N) is 3. The number of halogens is 1. The fourth-order valence-electron chi connectivity index (χ4n) is 1.91. The first-order valence-electron chi connectivity index (χ1n) is 6.65. The molecule has 0 aliphatic rings. The number of hydrogen-bond donors (Lipinski definition) is 3. The predicted octanol–water partition coefficient (Wildman–Crippen LogP) is 4.01. The quantitative estimate of drug-likeness (QED) is 0.479. The van der Waals surface area contributed by atoms with Gasteiger partial charge >= 0.3 is 6.03 Å². The molecule has 0 bridgehead atoms. The van der Waals surface area contributed by atoms with Crippen molar-refractivity contribution < 1.29 is 9.72 Å². The van der Waals surface area contributed by atoms with Crippen LogP contribution in [0, 0.1) is 10.1 Å². The number of nitrogens with zero attached hydrogens (tertiary/aromatic N) is 2. The molecule has 3 aromatic rings. The maximum Gasteiger partial charge on any atom is 0.337 e. The van der Waals surface area contributed by atoms with E-state index in [0.29, 0.717) is 5.13 Å². The van der Waals surface area contributed by atoms with Crippen LogP contribution >= 0.6 is 22.9 Å². The van der Waals surface area contributed by atoms with Crippen LogP contribution in [0.25, 0.3) is 10.2 Å². The van der Waals surface area contributed by atoms with Crippen molar-refractivity contribution in [2.24, 2.45) is 0 Å². The van der Waals surface area contributed by atoms with E-state index in [0.717, 1.165) is 16.3 Å². The van der Waals surface area contributed by atoms with Gasteiger partial charge in [0.1, 0.15) is 0 Å². The van der Waals surface area contributed by atoms with Gasteiger partial charge < -0.3 is 5.32 Å². The summed E-state index contributed by atoms with van der Waals surface area (Å²) < 4.78 is 0.987. The van der Waals surface area contributed by atoms with E-state index in [1.54, 1.807) is 0 Å². The molecule has 3 rings (SSSR count). The molecular weight excluding hydrogens is 354 g/mol. The highest BCUT2D eigenvalue weighted by molar-refractivity contribution is 7.22. The summed E-state index contributed by atoms with van der Waals surface area (Å²) in [6.45, 7) is 0. The number of benzene rings is 2. The van der Waals surface area contributed by atoms with E-state index >= 15 is 0 Å². The molecule has 1 heterocycles. The highest BCUT2D eigenvalue weighted by atomic mass is 35.5. The number of rotatable bonds is 4. The van der Waals surface area contributed by atoms with Gasteiger partial charge in [-0.25, -0.2) is 15.2 Å². The Kier molecular flexibility index (Phi) is 4.45. The predicted molar refractivity (Wildman–Crippen MR) is 93.5 cm³/mol. The van der Waals surface area contributed by atoms with Crippen LogP contribution < -0.4 is 16.2 Å². The summed E-state index contributed by atoms with van der Waals surface area (Å²) >= 11 is 7.30. The standard InChI is InChI=1S/C14H10ClN5O3S/c15-9-7-8(20(22)23)5-6-10(9)16-13(21)18-19-14-17-11-3-1-2-4-12(11)24-14/h1-7H,(H,17,19)(H2,16,18,21). The zero-order valence-corrected chi connectivity index (χ0v) is 13.5. The fraction of sp³-hybridized carbons (Fsp3) is 0. The zero-order chi connectivity index (χ0) is 17.1. The lowest BCUT2D eigenvalue weighted by Crippen LogP contribution is -2.33. The van der Waals surface area contributed by atoms with Crippen molar-refractivity contribution >= 4 is 55.7 Å². The van der Waals surface area contributed by atoms with Gasteiger partial charge in [-0.2, -0.15) is 0 Å². The van der Waals surface area contributed by atoms with Gasteiger partial charge in [0, 0.05) is 12.1 Å². The molecule has 0 atom stereocenters. The van der Waals surface area contributed by atoms with Gasteiger partial charge in [-0.05, 0) is 18.2 Å². The number of carbonyl (C=O) groups is 1. The van der Waals surface area contributed by atoms with Crippen LogP contribution in [0.3, 0.4) is 0 Å². The number of non-ortho nitro benzene ring substituents is 1. The smallest absolute Gasteiger partial charge is 0.305 e. The summed E-state index contributed by atoms with van der Waals surface area (Å²) in [5.74, 6) is 0. The van der Waals surface area contributed by atoms with E-state index in [4.69, 9.17) is 11.6 Å². The molecule has 0 unspecified atom stereocenters. The minimum absolute atomic E-state index is 0.0688. The molecule has 8 nitrogen and oxygen atoms in total. The second-order valence-electron chi connectivity index (χ2n) is 4.61. The molecule has 0 saturated carbocycles. The number of nitro groups is 1. The molecule has 0 aliphatic heterocycles. The third-order valence-corrected chi connectivity index (χ3v) is 4.25. The maximum atomic E-state index is 11.9. The highest BCUT2D eigenvalue weighted by Gasteiger charge is 2.11. The van der Waals surface area contributed by atoms with Gasteiger partial charge in [0.25, 0.3) is 5.69 Å². The largest absolute Gasteiger partial charge is 0.337 e. The number of hydrogen-bond acceptors (Lipinski definition) is 6. The number of urea groups is 1. The number of anilines is 2. The second-order valence-corrected chi connectivity index (χ2v) is 6.05.